The molecule has 0 N–H and O–H groups in total. The smallest absolute Gasteiger partial charge is 0.276 e. The molecule has 8 heteroatoms. The van der Waals surface area contributed by atoms with E-state index in [9.17, 15) is 9.59 Å². The highest BCUT2D eigenvalue weighted by molar-refractivity contribution is 7.26. The molecule has 5 rings (SSSR count). The Morgan fingerprint density at radius 3 is 2.62 bits per heavy atom. The van der Waals surface area contributed by atoms with Crippen LogP contribution in [0.2, 0.25) is 0 Å². The van der Waals surface area contributed by atoms with Gasteiger partial charge in [0.2, 0.25) is 5.91 Å². The molecule has 1 aliphatic heterocycles. The van der Waals surface area contributed by atoms with E-state index in [0.29, 0.717) is 24.9 Å². The maximum Gasteiger partial charge on any atom is 0.276 e. The molecule has 34 heavy (non-hydrogen) atoms. The van der Waals surface area contributed by atoms with Crippen LogP contribution in [-0.4, -0.2) is 53.9 Å². The summed E-state index contributed by atoms with van der Waals surface area (Å²) >= 11 is 1.58. The summed E-state index contributed by atoms with van der Waals surface area (Å²) in [4.78, 5) is 31.2. The number of methoxy groups -OCH3 is 1. The minimum atomic E-state index is -0.613. The molecule has 1 atom stereocenters. The van der Waals surface area contributed by atoms with Gasteiger partial charge in [0.05, 0.1) is 22.9 Å². The predicted octanol–water partition coefficient (Wildman–Crippen LogP) is 4.23. The third-order valence-electron chi connectivity index (χ3n) is 6.58. The molecular weight excluding hydrogens is 448 g/mol. The summed E-state index contributed by atoms with van der Waals surface area (Å²) in [5.74, 6) is 0.778. The Balaban J connectivity index is 1.41. The molecule has 0 unspecified atom stereocenters. The standard InChI is InChI=1S/C26H28N4O3S/c1-4-21(25(31)29-14-12-28(13-15-29)18-8-7-9-19(16-18)33-3)30-26(32)23-20-10-5-6-11-22(20)34-24(23)17(2)27-30/h5-11,16,21H,4,12-15H2,1-3H3/t21-/m0/s1. The fraction of sp³-hybridized carbons (Fsp3) is 0.346. The minimum absolute atomic E-state index is 0.0410. The molecule has 1 saturated heterocycles. The Hall–Kier alpha value is -3.39. The second kappa shape index (κ2) is 9.10. The normalized spacial score (nSPS) is 15.1. The molecule has 0 bridgehead atoms. The van der Waals surface area contributed by atoms with Crippen molar-refractivity contribution in [1.29, 1.82) is 0 Å². The molecule has 2 aromatic heterocycles. The molecule has 0 saturated carbocycles. The molecule has 0 aliphatic carbocycles. The van der Waals surface area contributed by atoms with E-state index in [1.165, 1.54) is 4.68 Å². The molecule has 1 fully saturated rings. The van der Waals surface area contributed by atoms with Crippen molar-refractivity contribution in [3.8, 4) is 5.75 Å². The lowest BCUT2D eigenvalue weighted by Crippen LogP contribution is -2.51. The molecule has 1 amide bonds. The summed E-state index contributed by atoms with van der Waals surface area (Å²) < 4.78 is 8.73. The number of aryl methyl sites for hydroxylation is 1. The van der Waals surface area contributed by atoms with Crippen molar-refractivity contribution in [3.63, 3.8) is 0 Å². The van der Waals surface area contributed by atoms with Crippen molar-refractivity contribution in [2.75, 3.05) is 38.2 Å². The van der Waals surface area contributed by atoms with Crippen LogP contribution in [0.3, 0.4) is 0 Å². The molecule has 0 radical (unpaired) electrons. The lowest BCUT2D eigenvalue weighted by Gasteiger charge is -2.37. The van der Waals surface area contributed by atoms with Crippen LogP contribution < -0.4 is 15.2 Å². The maximum atomic E-state index is 13.6. The summed E-state index contributed by atoms with van der Waals surface area (Å²) in [7, 11) is 1.66. The third-order valence-corrected chi connectivity index (χ3v) is 7.86. The monoisotopic (exact) mass is 476 g/mol. The Morgan fingerprint density at radius 2 is 1.88 bits per heavy atom. The van der Waals surface area contributed by atoms with Gasteiger partial charge in [-0.15, -0.1) is 11.3 Å². The van der Waals surface area contributed by atoms with E-state index in [1.807, 2.05) is 61.2 Å². The van der Waals surface area contributed by atoms with Crippen LogP contribution in [0.5, 0.6) is 5.75 Å². The topological polar surface area (TPSA) is 67.7 Å². The molecule has 0 spiro atoms. The number of thiophene rings is 1. The fourth-order valence-electron chi connectivity index (χ4n) is 4.75. The van der Waals surface area contributed by atoms with E-state index in [2.05, 4.69) is 16.1 Å². The van der Waals surface area contributed by atoms with Gasteiger partial charge < -0.3 is 14.5 Å². The van der Waals surface area contributed by atoms with Crippen LogP contribution >= 0.6 is 11.3 Å². The van der Waals surface area contributed by atoms with Crippen molar-refractivity contribution in [3.05, 3.63) is 64.6 Å². The summed E-state index contributed by atoms with van der Waals surface area (Å²) in [5, 5.41) is 6.21. The van der Waals surface area contributed by atoms with Gasteiger partial charge in [-0.1, -0.05) is 31.2 Å². The van der Waals surface area contributed by atoms with E-state index < -0.39 is 6.04 Å². The number of carbonyl (C=O) groups excluding carboxylic acids is 1. The van der Waals surface area contributed by atoms with E-state index >= 15 is 0 Å². The summed E-state index contributed by atoms with van der Waals surface area (Å²) in [6, 6.07) is 15.3. The summed E-state index contributed by atoms with van der Waals surface area (Å²) in [5.41, 5.74) is 1.68. The van der Waals surface area contributed by atoms with Gasteiger partial charge in [0.25, 0.3) is 5.56 Å². The lowest BCUT2D eigenvalue weighted by molar-refractivity contribution is -0.135. The van der Waals surface area contributed by atoms with Gasteiger partial charge in [0, 0.05) is 48.0 Å². The number of amides is 1. The van der Waals surface area contributed by atoms with Gasteiger partial charge in [-0.2, -0.15) is 5.10 Å². The van der Waals surface area contributed by atoms with Crippen molar-refractivity contribution in [2.24, 2.45) is 0 Å². The van der Waals surface area contributed by atoms with Gasteiger partial charge in [-0.3, -0.25) is 9.59 Å². The first-order chi connectivity index (χ1) is 16.5. The zero-order valence-corrected chi connectivity index (χ0v) is 20.5. The van der Waals surface area contributed by atoms with Crippen molar-refractivity contribution < 1.29 is 9.53 Å². The van der Waals surface area contributed by atoms with E-state index in [-0.39, 0.29) is 11.5 Å². The van der Waals surface area contributed by atoms with Crippen LogP contribution in [-0.2, 0) is 4.79 Å². The van der Waals surface area contributed by atoms with E-state index in [0.717, 1.165) is 45.0 Å². The number of hydrogen-bond donors (Lipinski definition) is 0. The maximum absolute atomic E-state index is 13.6. The largest absolute Gasteiger partial charge is 0.497 e. The number of ether oxygens (including phenoxy) is 1. The molecule has 4 aromatic rings. The zero-order valence-electron chi connectivity index (χ0n) is 19.7. The Bertz CT molecular complexity index is 1420. The Morgan fingerprint density at radius 1 is 1.12 bits per heavy atom. The van der Waals surface area contributed by atoms with Crippen molar-refractivity contribution >= 4 is 43.1 Å². The van der Waals surface area contributed by atoms with Crippen LogP contribution in [0.25, 0.3) is 20.2 Å². The lowest BCUT2D eigenvalue weighted by atomic mass is 10.1. The number of carbonyl (C=O) groups is 1. The Labute approximate surface area is 202 Å². The number of aromatic nitrogens is 2. The highest BCUT2D eigenvalue weighted by Gasteiger charge is 2.30. The van der Waals surface area contributed by atoms with Crippen molar-refractivity contribution in [2.45, 2.75) is 26.3 Å². The molecule has 3 heterocycles. The first-order valence-corrected chi connectivity index (χ1v) is 12.4. The summed E-state index contributed by atoms with van der Waals surface area (Å²) in [6.07, 6.45) is 0.509. The minimum Gasteiger partial charge on any atom is -0.497 e. The van der Waals surface area contributed by atoms with Crippen LogP contribution in [0.1, 0.15) is 25.1 Å². The fourth-order valence-corrected chi connectivity index (χ4v) is 5.88. The second-order valence-electron chi connectivity index (χ2n) is 8.58. The Kier molecular flexibility index (Phi) is 6.00. The number of nitrogens with zero attached hydrogens (tertiary/aromatic N) is 4. The second-order valence-corrected chi connectivity index (χ2v) is 9.63. The summed E-state index contributed by atoms with van der Waals surface area (Å²) in [6.45, 7) is 6.51. The number of hydrogen-bond acceptors (Lipinski definition) is 6. The zero-order chi connectivity index (χ0) is 23.8. The first-order valence-electron chi connectivity index (χ1n) is 11.6. The molecule has 2 aromatic carbocycles. The molecular formula is C26H28N4O3S. The number of fused-ring (bicyclic) bond motifs is 3. The van der Waals surface area contributed by atoms with E-state index in [4.69, 9.17) is 4.74 Å². The number of rotatable bonds is 5. The van der Waals surface area contributed by atoms with Gasteiger partial charge in [0.15, 0.2) is 0 Å². The quantitative estimate of drug-likeness (QED) is 0.431. The van der Waals surface area contributed by atoms with Crippen LogP contribution in [0, 0.1) is 6.92 Å². The SMILES string of the molecule is CC[C@@H](C(=O)N1CCN(c2cccc(OC)c2)CC1)n1nc(C)c2sc3ccccc3c2c1=O. The highest BCUT2D eigenvalue weighted by atomic mass is 32.1. The number of piperazine rings is 1. The van der Waals surface area contributed by atoms with Gasteiger partial charge >= 0.3 is 0 Å². The van der Waals surface area contributed by atoms with Crippen molar-refractivity contribution in [1.82, 2.24) is 14.7 Å². The molecule has 7 nitrogen and oxygen atoms in total. The van der Waals surface area contributed by atoms with Crippen LogP contribution in [0.4, 0.5) is 5.69 Å². The predicted molar refractivity (Wildman–Crippen MR) is 137 cm³/mol. The number of benzene rings is 2. The first kappa shape index (κ1) is 22.4. The van der Waals surface area contributed by atoms with Gasteiger partial charge in [-0.05, 0) is 31.5 Å². The molecule has 1 aliphatic rings. The van der Waals surface area contributed by atoms with Gasteiger partial charge in [-0.25, -0.2) is 4.68 Å². The average molecular weight is 477 g/mol. The third kappa shape index (κ3) is 3.81. The van der Waals surface area contributed by atoms with Crippen LogP contribution in [0.15, 0.2) is 53.3 Å². The molecule has 176 valence electrons. The number of anilines is 1. The van der Waals surface area contributed by atoms with Gasteiger partial charge in [0.1, 0.15) is 11.8 Å². The van der Waals surface area contributed by atoms with E-state index in [1.54, 1.807) is 18.4 Å². The average Bonchev–Trinajstić information content (AvgIpc) is 3.28. The highest BCUT2D eigenvalue weighted by Crippen LogP contribution is 2.33.